The molecule has 1 N–H and O–H groups in total. The van der Waals surface area contributed by atoms with Gasteiger partial charge in [0.15, 0.2) is 0 Å². The fraction of sp³-hybridized carbons (Fsp3) is 0.364. The smallest absolute Gasteiger partial charge is 0.266 e. The summed E-state index contributed by atoms with van der Waals surface area (Å²) < 4.78 is 40.4. The van der Waals surface area contributed by atoms with Crippen LogP contribution in [0, 0.1) is 12.7 Å². The maximum atomic E-state index is 14.4. The van der Waals surface area contributed by atoms with Gasteiger partial charge in [0, 0.05) is 29.5 Å². The van der Waals surface area contributed by atoms with Crippen LogP contribution in [0.3, 0.4) is 0 Å². The van der Waals surface area contributed by atoms with Gasteiger partial charge >= 0.3 is 0 Å². The monoisotopic (exact) mass is 400 g/mol. The fourth-order valence-electron chi connectivity index (χ4n) is 3.64. The zero-order chi connectivity index (χ0) is 20.9. The SMILES string of the molecule is C=C1C(C)=c2nc(C)nc(NCc3cccc(C(F)F)c3F)c2=CN1C1(C)CC1. The third kappa shape index (κ3) is 3.39. The molecule has 0 saturated heterocycles. The molecule has 0 amide bonds. The number of rotatable bonds is 5. The highest BCUT2D eigenvalue weighted by atomic mass is 19.3. The molecule has 1 aliphatic carbocycles. The maximum absolute atomic E-state index is 14.4. The first-order valence-corrected chi connectivity index (χ1v) is 9.56. The molecule has 1 aliphatic heterocycles. The van der Waals surface area contributed by atoms with E-state index in [0.29, 0.717) is 11.6 Å². The van der Waals surface area contributed by atoms with E-state index in [9.17, 15) is 13.2 Å². The summed E-state index contributed by atoms with van der Waals surface area (Å²) in [5.74, 6) is 0.233. The van der Waals surface area contributed by atoms with Crippen LogP contribution >= 0.6 is 0 Å². The summed E-state index contributed by atoms with van der Waals surface area (Å²) in [6.45, 7) is 10.2. The molecule has 0 spiro atoms. The lowest BCUT2D eigenvalue weighted by Crippen LogP contribution is -2.44. The minimum Gasteiger partial charge on any atom is -0.365 e. The number of fused-ring (bicyclic) bond motifs is 1. The van der Waals surface area contributed by atoms with E-state index < -0.39 is 17.8 Å². The molecular formula is C22H23F3N4. The van der Waals surface area contributed by atoms with E-state index in [4.69, 9.17) is 0 Å². The van der Waals surface area contributed by atoms with Crippen LogP contribution in [0.15, 0.2) is 30.5 Å². The average molecular weight is 400 g/mol. The highest BCUT2D eigenvalue weighted by molar-refractivity contribution is 5.67. The van der Waals surface area contributed by atoms with E-state index in [-0.39, 0.29) is 17.6 Å². The average Bonchev–Trinajstić information content (AvgIpc) is 3.42. The van der Waals surface area contributed by atoms with Gasteiger partial charge in [-0.3, -0.25) is 0 Å². The topological polar surface area (TPSA) is 41.1 Å². The molecule has 1 fully saturated rings. The molecule has 1 aromatic carbocycles. The highest BCUT2D eigenvalue weighted by Crippen LogP contribution is 2.44. The van der Waals surface area contributed by atoms with Gasteiger partial charge in [0.1, 0.15) is 17.5 Å². The van der Waals surface area contributed by atoms with Gasteiger partial charge in [-0.05, 0) is 39.2 Å². The molecule has 1 saturated carbocycles. The van der Waals surface area contributed by atoms with Crippen molar-refractivity contribution in [1.82, 2.24) is 14.9 Å². The second kappa shape index (κ2) is 6.90. The Hall–Kier alpha value is -2.83. The lowest BCUT2D eigenvalue weighted by atomic mass is 10.1. The predicted octanol–water partition coefficient (Wildman–Crippen LogP) is 3.76. The minimum atomic E-state index is -2.85. The van der Waals surface area contributed by atoms with Gasteiger partial charge in [-0.2, -0.15) is 0 Å². The third-order valence-electron chi connectivity index (χ3n) is 5.74. The van der Waals surface area contributed by atoms with E-state index in [1.54, 1.807) is 6.92 Å². The van der Waals surface area contributed by atoms with Crippen molar-refractivity contribution >= 4 is 17.6 Å². The Balaban J connectivity index is 1.75. The van der Waals surface area contributed by atoms with Crippen molar-refractivity contribution in [3.63, 3.8) is 0 Å². The van der Waals surface area contributed by atoms with Crippen molar-refractivity contribution in [2.24, 2.45) is 0 Å². The van der Waals surface area contributed by atoms with Crippen molar-refractivity contribution < 1.29 is 13.2 Å². The van der Waals surface area contributed by atoms with E-state index in [0.717, 1.165) is 40.7 Å². The zero-order valence-electron chi connectivity index (χ0n) is 16.7. The number of aryl methyl sites for hydroxylation is 1. The molecule has 4 rings (SSSR count). The van der Waals surface area contributed by atoms with Crippen LogP contribution in [0.25, 0.3) is 11.8 Å². The number of anilines is 1. The van der Waals surface area contributed by atoms with Crippen LogP contribution in [0.5, 0.6) is 0 Å². The normalized spacial score (nSPS) is 17.3. The summed E-state index contributed by atoms with van der Waals surface area (Å²) in [5.41, 5.74) is 1.49. The van der Waals surface area contributed by atoms with Crippen molar-refractivity contribution in [1.29, 1.82) is 0 Å². The van der Waals surface area contributed by atoms with Crippen LogP contribution in [0.1, 0.15) is 50.1 Å². The van der Waals surface area contributed by atoms with Crippen molar-refractivity contribution in [3.05, 3.63) is 63.8 Å². The zero-order valence-corrected chi connectivity index (χ0v) is 16.7. The number of benzene rings is 1. The number of allylic oxidation sites excluding steroid dienone is 1. The Morgan fingerprint density at radius 3 is 2.62 bits per heavy atom. The summed E-state index contributed by atoms with van der Waals surface area (Å²) in [6, 6.07) is 4.04. The Bertz CT molecular complexity index is 1120. The molecule has 4 nitrogen and oxygen atoms in total. The van der Waals surface area contributed by atoms with Crippen LogP contribution < -0.4 is 15.9 Å². The van der Waals surface area contributed by atoms with Gasteiger partial charge in [-0.25, -0.2) is 23.1 Å². The number of nitrogens with one attached hydrogen (secondary N) is 1. The maximum Gasteiger partial charge on any atom is 0.266 e. The molecule has 7 heteroatoms. The number of halogens is 3. The first kappa shape index (κ1) is 19.5. The Labute approximate surface area is 167 Å². The second-order valence-corrected chi connectivity index (χ2v) is 7.92. The third-order valence-corrected chi connectivity index (χ3v) is 5.74. The fourth-order valence-corrected chi connectivity index (χ4v) is 3.64. The highest BCUT2D eigenvalue weighted by Gasteiger charge is 2.44. The quantitative estimate of drug-likeness (QED) is 0.830. The molecule has 0 bridgehead atoms. The van der Waals surface area contributed by atoms with Crippen molar-refractivity contribution in [2.45, 2.75) is 52.1 Å². The minimum absolute atomic E-state index is 0.0376. The molecule has 2 aromatic rings. The molecule has 2 heterocycles. The number of hydrogen-bond donors (Lipinski definition) is 1. The van der Waals surface area contributed by atoms with Crippen LogP contribution in [0.4, 0.5) is 19.0 Å². The van der Waals surface area contributed by atoms with E-state index in [1.165, 1.54) is 12.1 Å². The number of alkyl halides is 2. The first-order valence-electron chi connectivity index (χ1n) is 9.56. The number of nitrogens with zero attached hydrogens (tertiary/aromatic N) is 3. The summed E-state index contributed by atoms with van der Waals surface area (Å²) >= 11 is 0. The number of hydrogen-bond acceptors (Lipinski definition) is 4. The molecule has 2 aliphatic rings. The largest absolute Gasteiger partial charge is 0.365 e. The Morgan fingerprint density at radius 1 is 1.24 bits per heavy atom. The first-order chi connectivity index (χ1) is 13.7. The molecule has 1 aromatic heterocycles. The van der Waals surface area contributed by atoms with E-state index in [1.807, 2.05) is 13.1 Å². The van der Waals surface area contributed by atoms with Gasteiger partial charge in [0.05, 0.1) is 16.1 Å². The summed E-state index contributed by atoms with van der Waals surface area (Å²) in [7, 11) is 0. The van der Waals surface area contributed by atoms with Gasteiger partial charge in [-0.1, -0.05) is 24.8 Å². The van der Waals surface area contributed by atoms with E-state index in [2.05, 4.69) is 33.7 Å². The van der Waals surface area contributed by atoms with Crippen LogP contribution in [-0.4, -0.2) is 20.4 Å². The van der Waals surface area contributed by atoms with Crippen molar-refractivity contribution in [3.8, 4) is 0 Å². The van der Waals surface area contributed by atoms with Gasteiger partial charge < -0.3 is 10.2 Å². The lowest BCUT2D eigenvalue weighted by molar-refractivity contribution is 0.146. The van der Waals surface area contributed by atoms with E-state index >= 15 is 0 Å². The summed E-state index contributed by atoms with van der Waals surface area (Å²) in [5, 5.41) is 4.72. The molecule has 29 heavy (non-hydrogen) atoms. The van der Waals surface area contributed by atoms with Gasteiger partial charge in [0.25, 0.3) is 6.43 Å². The summed E-state index contributed by atoms with van der Waals surface area (Å²) in [6.07, 6.45) is 1.29. The summed E-state index contributed by atoms with van der Waals surface area (Å²) in [4.78, 5) is 11.2. The number of aromatic nitrogens is 2. The molecule has 0 radical (unpaired) electrons. The van der Waals surface area contributed by atoms with Gasteiger partial charge in [-0.15, -0.1) is 0 Å². The Morgan fingerprint density at radius 2 is 1.97 bits per heavy atom. The Kier molecular flexibility index (Phi) is 4.63. The predicted molar refractivity (Wildman–Crippen MR) is 107 cm³/mol. The van der Waals surface area contributed by atoms with Crippen LogP contribution in [-0.2, 0) is 6.54 Å². The molecule has 0 unspecified atom stereocenters. The molecule has 152 valence electrons. The van der Waals surface area contributed by atoms with Gasteiger partial charge in [0.2, 0.25) is 0 Å². The molecular weight excluding hydrogens is 377 g/mol. The van der Waals surface area contributed by atoms with Crippen molar-refractivity contribution in [2.75, 3.05) is 5.32 Å². The van der Waals surface area contributed by atoms with Crippen LogP contribution in [0.2, 0.25) is 0 Å². The standard InChI is InChI=1S/C22H23F3N4/c1-12-13(2)29(22(4)8-9-22)11-17-19(12)27-14(3)28-21(17)26-10-15-6-5-7-16(18(15)23)20(24)25/h5-7,11,20H,2,8-10H2,1,3-4H3,(H,26,27,28). The second-order valence-electron chi connectivity index (χ2n) is 7.92. The molecule has 0 atom stereocenters. The lowest BCUT2D eigenvalue weighted by Gasteiger charge is -2.32.